The first kappa shape index (κ1) is 17.1. The van der Waals surface area contributed by atoms with E-state index in [-0.39, 0.29) is 23.7 Å². The van der Waals surface area contributed by atoms with Crippen LogP contribution in [0, 0.1) is 11.7 Å². The monoisotopic (exact) mass is 336 g/mol. The highest BCUT2D eigenvalue weighted by molar-refractivity contribution is 5.76. The average Bonchev–Trinajstić information content (AvgIpc) is 2.93. The minimum atomic E-state index is -0.286. The first-order valence-electron chi connectivity index (χ1n) is 8.46. The van der Waals surface area contributed by atoms with Crippen molar-refractivity contribution in [1.29, 1.82) is 0 Å². The van der Waals surface area contributed by atoms with Crippen LogP contribution in [-0.2, 0) is 9.53 Å². The van der Waals surface area contributed by atoms with Gasteiger partial charge in [-0.1, -0.05) is 0 Å². The highest BCUT2D eigenvalue weighted by Gasteiger charge is 2.34. The number of hydrogen-bond acceptors (Lipinski definition) is 6. The highest BCUT2D eigenvalue weighted by atomic mass is 19.1. The maximum Gasteiger partial charge on any atom is 0.324 e. The summed E-state index contributed by atoms with van der Waals surface area (Å²) in [4.78, 5) is 16.5. The van der Waals surface area contributed by atoms with Crippen molar-refractivity contribution >= 4 is 11.7 Å². The van der Waals surface area contributed by atoms with Gasteiger partial charge in [-0.05, 0) is 37.2 Å². The van der Waals surface area contributed by atoms with Crippen LogP contribution >= 0.6 is 0 Å². The van der Waals surface area contributed by atoms with Crippen LogP contribution in [0.15, 0.2) is 24.3 Å². The van der Waals surface area contributed by atoms with Gasteiger partial charge in [-0.25, -0.2) is 9.82 Å². The summed E-state index contributed by atoms with van der Waals surface area (Å²) in [7, 11) is 1.42. The number of benzene rings is 1. The summed E-state index contributed by atoms with van der Waals surface area (Å²) in [6.07, 6.45) is 1.05. The van der Waals surface area contributed by atoms with Crippen LogP contribution < -0.4 is 15.8 Å². The molecular weight excluding hydrogens is 311 g/mol. The van der Waals surface area contributed by atoms with Crippen molar-refractivity contribution < 1.29 is 13.9 Å². The Balaban J connectivity index is 1.55. The molecule has 2 heterocycles. The Labute approximate surface area is 141 Å². The number of hydrazine groups is 1. The van der Waals surface area contributed by atoms with Gasteiger partial charge in [0.15, 0.2) is 0 Å². The Hall–Kier alpha value is -1.70. The van der Waals surface area contributed by atoms with Crippen LogP contribution in [0.25, 0.3) is 0 Å². The molecule has 6 nitrogen and oxygen atoms in total. The molecular formula is C17H25FN4O2. The van der Waals surface area contributed by atoms with E-state index in [0.29, 0.717) is 0 Å². The molecule has 0 radical (unpaired) electrons. The second kappa shape index (κ2) is 7.92. The predicted molar refractivity (Wildman–Crippen MR) is 90.1 cm³/mol. The molecule has 2 unspecified atom stereocenters. The Bertz CT molecular complexity index is 554. The first-order chi connectivity index (χ1) is 11.7. The number of hydrogen-bond donors (Lipinski definition) is 2. The van der Waals surface area contributed by atoms with Crippen molar-refractivity contribution in [1.82, 2.24) is 15.8 Å². The normalized spacial score (nSPS) is 25.5. The smallest absolute Gasteiger partial charge is 0.324 e. The van der Waals surface area contributed by atoms with E-state index in [0.717, 1.165) is 51.4 Å². The van der Waals surface area contributed by atoms with Gasteiger partial charge in [0.05, 0.1) is 7.11 Å². The Morgan fingerprint density at radius 3 is 2.79 bits per heavy atom. The molecule has 2 aliphatic rings. The van der Waals surface area contributed by atoms with Crippen LogP contribution in [0.1, 0.15) is 6.42 Å². The van der Waals surface area contributed by atoms with E-state index in [1.165, 1.54) is 19.2 Å². The summed E-state index contributed by atoms with van der Waals surface area (Å²) in [5.74, 6) is -0.215. The summed E-state index contributed by atoms with van der Waals surface area (Å²) in [6, 6.07) is 6.40. The largest absolute Gasteiger partial charge is 0.468 e. The molecule has 2 N–H and O–H groups in total. The fraction of sp³-hybridized carbons (Fsp3) is 0.588. The summed E-state index contributed by atoms with van der Waals surface area (Å²) >= 11 is 0. The van der Waals surface area contributed by atoms with Gasteiger partial charge in [-0.15, -0.1) is 0 Å². The molecule has 0 bridgehead atoms. The maximum absolute atomic E-state index is 13.1. The summed E-state index contributed by atoms with van der Waals surface area (Å²) < 4.78 is 17.9. The highest BCUT2D eigenvalue weighted by Crippen LogP contribution is 2.18. The van der Waals surface area contributed by atoms with Crippen LogP contribution in [0.5, 0.6) is 0 Å². The third kappa shape index (κ3) is 4.03. The number of halogens is 1. The standard InChI is InChI=1S/C17H25FN4O2/c1-24-17(23)16-13(11-19-20-16)12-21-7-2-8-22(10-9-21)15-5-3-14(18)4-6-15/h3-6,13,16,19-20H,2,7-12H2,1H3. The van der Waals surface area contributed by atoms with Gasteiger partial charge < -0.3 is 14.5 Å². The number of nitrogens with zero attached hydrogens (tertiary/aromatic N) is 2. The van der Waals surface area contributed by atoms with Gasteiger partial charge in [0.2, 0.25) is 0 Å². The quantitative estimate of drug-likeness (QED) is 0.786. The number of esters is 1. The molecule has 0 aliphatic carbocycles. The molecule has 0 spiro atoms. The molecule has 7 heteroatoms. The molecule has 0 saturated carbocycles. The number of ether oxygens (including phenoxy) is 1. The van der Waals surface area contributed by atoms with Crippen molar-refractivity contribution in [3.8, 4) is 0 Å². The van der Waals surface area contributed by atoms with Crippen molar-refractivity contribution in [2.24, 2.45) is 5.92 Å². The number of anilines is 1. The number of methoxy groups -OCH3 is 1. The van der Waals surface area contributed by atoms with Crippen LogP contribution in [0.4, 0.5) is 10.1 Å². The van der Waals surface area contributed by atoms with Gasteiger partial charge in [0.25, 0.3) is 0 Å². The minimum absolute atomic E-state index is 0.203. The van der Waals surface area contributed by atoms with Crippen LogP contribution in [0.2, 0.25) is 0 Å². The lowest BCUT2D eigenvalue weighted by atomic mass is 10.0. The number of rotatable bonds is 4. The first-order valence-corrected chi connectivity index (χ1v) is 8.46. The van der Waals surface area contributed by atoms with Gasteiger partial charge in [-0.3, -0.25) is 10.2 Å². The lowest BCUT2D eigenvalue weighted by Gasteiger charge is -2.26. The third-order valence-electron chi connectivity index (χ3n) is 4.82. The molecule has 2 saturated heterocycles. The number of nitrogens with one attached hydrogen (secondary N) is 2. The zero-order valence-electron chi connectivity index (χ0n) is 14.0. The van der Waals surface area contributed by atoms with E-state index in [2.05, 4.69) is 20.7 Å². The molecule has 132 valence electrons. The zero-order chi connectivity index (χ0) is 16.9. The Kier molecular flexibility index (Phi) is 5.65. The van der Waals surface area contributed by atoms with E-state index in [1.54, 1.807) is 0 Å². The minimum Gasteiger partial charge on any atom is -0.468 e. The summed E-state index contributed by atoms with van der Waals surface area (Å²) in [5, 5.41) is 0. The Morgan fingerprint density at radius 1 is 1.25 bits per heavy atom. The van der Waals surface area contributed by atoms with Crippen molar-refractivity contribution in [2.45, 2.75) is 12.5 Å². The van der Waals surface area contributed by atoms with Crippen LogP contribution in [-0.4, -0.2) is 63.3 Å². The average molecular weight is 336 g/mol. The van der Waals surface area contributed by atoms with Gasteiger partial charge in [-0.2, -0.15) is 0 Å². The van der Waals surface area contributed by atoms with E-state index in [4.69, 9.17) is 4.74 Å². The Morgan fingerprint density at radius 2 is 2.04 bits per heavy atom. The number of carbonyl (C=O) groups is 1. The fourth-order valence-electron chi connectivity index (χ4n) is 3.48. The molecule has 0 aromatic heterocycles. The maximum atomic E-state index is 13.1. The lowest BCUT2D eigenvalue weighted by molar-refractivity contribution is -0.144. The third-order valence-corrected chi connectivity index (χ3v) is 4.82. The zero-order valence-corrected chi connectivity index (χ0v) is 14.0. The van der Waals surface area contributed by atoms with Gasteiger partial charge >= 0.3 is 5.97 Å². The molecule has 3 rings (SSSR count). The fourth-order valence-corrected chi connectivity index (χ4v) is 3.48. The van der Waals surface area contributed by atoms with Crippen molar-refractivity contribution in [3.63, 3.8) is 0 Å². The van der Waals surface area contributed by atoms with Gasteiger partial charge in [0.1, 0.15) is 11.9 Å². The predicted octanol–water partition coefficient (Wildman–Crippen LogP) is 0.603. The topological polar surface area (TPSA) is 56.8 Å². The van der Waals surface area contributed by atoms with E-state index < -0.39 is 0 Å². The molecule has 0 amide bonds. The van der Waals surface area contributed by atoms with E-state index in [1.807, 2.05) is 12.1 Å². The van der Waals surface area contributed by atoms with Crippen molar-refractivity contribution in [2.75, 3.05) is 51.3 Å². The number of carbonyl (C=O) groups excluding carboxylic acids is 1. The molecule has 1 aromatic rings. The van der Waals surface area contributed by atoms with E-state index >= 15 is 0 Å². The molecule has 1 aromatic carbocycles. The lowest BCUT2D eigenvalue weighted by Crippen LogP contribution is -2.43. The second-order valence-corrected chi connectivity index (χ2v) is 6.40. The van der Waals surface area contributed by atoms with E-state index in [9.17, 15) is 9.18 Å². The molecule has 2 atom stereocenters. The molecule has 2 fully saturated rings. The van der Waals surface area contributed by atoms with Crippen molar-refractivity contribution in [3.05, 3.63) is 30.1 Å². The SMILES string of the molecule is COC(=O)C1NNCC1CN1CCCN(c2ccc(F)cc2)CC1. The summed E-state index contributed by atoms with van der Waals surface area (Å²) in [6.45, 7) is 5.42. The second-order valence-electron chi connectivity index (χ2n) is 6.40. The summed E-state index contributed by atoms with van der Waals surface area (Å²) in [5.41, 5.74) is 7.13. The van der Waals surface area contributed by atoms with Gasteiger partial charge in [0, 0.05) is 44.3 Å². The molecule has 2 aliphatic heterocycles. The van der Waals surface area contributed by atoms with Crippen LogP contribution in [0.3, 0.4) is 0 Å². The molecule has 24 heavy (non-hydrogen) atoms.